The Morgan fingerprint density at radius 2 is 1.85 bits per heavy atom. The molecule has 0 aliphatic carbocycles. The molecular weight excluding hydrogens is 430 g/mol. The van der Waals surface area contributed by atoms with Gasteiger partial charge in [0.25, 0.3) is 5.88 Å². The van der Waals surface area contributed by atoms with E-state index in [1.165, 1.54) is 0 Å². The van der Waals surface area contributed by atoms with E-state index in [0.29, 0.717) is 17.4 Å². The number of nitrogens with one attached hydrogen (secondary N) is 1. The molecule has 9 heteroatoms. The number of nitrogens with zero attached hydrogens (tertiary/aromatic N) is 6. The Morgan fingerprint density at radius 1 is 1.00 bits per heavy atom. The summed E-state index contributed by atoms with van der Waals surface area (Å²) in [6.45, 7) is 3.91. The van der Waals surface area contributed by atoms with Crippen molar-refractivity contribution in [3.8, 4) is 17.4 Å². The summed E-state index contributed by atoms with van der Waals surface area (Å²) in [4.78, 5) is 6.68. The molecule has 0 saturated carbocycles. The van der Waals surface area contributed by atoms with Crippen molar-refractivity contribution in [2.45, 2.75) is 6.29 Å². The van der Waals surface area contributed by atoms with Crippen LogP contribution in [-0.4, -0.2) is 65.0 Å². The van der Waals surface area contributed by atoms with Gasteiger partial charge in [-0.25, -0.2) is 14.7 Å². The van der Waals surface area contributed by atoms with Gasteiger partial charge >= 0.3 is 0 Å². The maximum absolute atomic E-state index is 6.08. The molecule has 1 unspecified atom stereocenters. The lowest BCUT2D eigenvalue weighted by atomic mass is 10.2. The van der Waals surface area contributed by atoms with Gasteiger partial charge in [-0.3, -0.25) is 5.01 Å². The molecule has 2 aromatic carbocycles. The number of piperazine rings is 1. The van der Waals surface area contributed by atoms with E-state index in [1.54, 1.807) is 13.3 Å². The van der Waals surface area contributed by atoms with Gasteiger partial charge in [-0.05, 0) is 37.4 Å². The monoisotopic (exact) mass is 457 g/mol. The molecule has 34 heavy (non-hydrogen) atoms. The molecule has 4 heterocycles. The van der Waals surface area contributed by atoms with Crippen molar-refractivity contribution in [1.29, 1.82) is 0 Å². The fourth-order valence-electron chi connectivity index (χ4n) is 4.62. The van der Waals surface area contributed by atoms with Crippen LogP contribution in [0.25, 0.3) is 10.9 Å². The van der Waals surface area contributed by atoms with E-state index < -0.39 is 0 Å². The molecule has 2 aliphatic rings. The van der Waals surface area contributed by atoms with Crippen LogP contribution in [0.4, 0.5) is 11.4 Å². The third kappa shape index (κ3) is 3.59. The summed E-state index contributed by atoms with van der Waals surface area (Å²) in [6.07, 6.45) is 3.43. The smallest absolute Gasteiger partial charge is 0.262 e. The Labute approximate surface area is 198 Å². The normalized spacial score (nSPS) is 18.6. The zero-order chi connectivity index (χ0) is 23.1. The third-order valence-corrected chi connectivity index (χ3v) is 6.42. The van der Waals surface area contributed by atoms with Crippen LogP contribution >= 0.6 is 0 Å². The second-order valence-corrected chi connectivity index (χ2v) is 8.56. The lowest BCUT2D eigenvalue weighted by Crippen LogP contribution is -2.54. The largest absolute Gasteiger partial charge is 0.491 e. The number of methoxy groups -OCH3 is 1. The van der Waals surface area contributed by atoms with Gasteiger partial charge in [0.2, 0.25) is 6.29 Å². The van der Waals surface area contributed by atoms with Crippen LogP contribution in [0.3, 0.4) is 0 Å². The summed E-state index contributed by atoms with van der Waals surface area (Å²) in [5, 5.41) is 14.3. The third-order valence-electron chi connectivity index (χ3n) is 6.42. The standard InChI is InChI=1S/C25H27N7O2/c1-29-12-14-30(15-13-29)32-22-10-9-19(34-24-23(33-2)8-5-11-26-24)16-20(22)28-25(32)31-21-7-4-3-6-18(21)17-27-31/h3-11,16-17,25,28H,12-15H2,1-2H3. The number of benzene rings is 2. The van der Waals surface area contributed by atoms with Gasteiger partial charge in [0.05, 0.1) is 30.2 Å². The highest BCUT2D eigenvalue weighted by atomic mass is 16.5. The first-order valence-electron chi connectivity index (χ1n) is 11.4. The molecule has 1 N–H and O–H groups in total. The first-order valence-corrected chi connectivity index (χ1v) is 11.4. The molecule has 2 aliphatic heterocycles. The van der Waals surface area contributed by atoms with E-state index in [9.17, 15) is 0 Å². The highest BCUT2D eigenvalue weighted by Gasteiger charge is 2.36. The van der Waals surface area contributed by atoms with E-state index in [2.05, 4.69) is 61.2 Å². The molecule has 0 amide bonds. The van der Waals surface area contributed by atoms with E-state index in [1.807, 2.05) is 36.5 Å². The topological polar surface area (TPSA) is 70.9 Å². The number of anilines is 2. The lowest BCUT2D eigenvalue weighted by molar-refractivity contribution is 0.124. The second kappa shape index (κ2) is 8.51. The van der Waals surface area contributed by atoms with Crippen LogP contribution in [0.1, 0.15) is 6.29 Å². The minimum absolute atomic E-state index is 0.182. The van der Waals surface area contributed by atoms with Crippen molar-refractivity contribution in [3.05, 3.63) is 67.0 Å². The van der Waals surface area contributed by atoms with E-state index in [4.69, 9.17) is 14.6 Å². The molecule has 1 saturated heterocycles. The Kier molecular flexibility index (Phi) is 5.20. The number of rotatable bonds is 5. The molecule has 174 valence electrons. The van der Waals surface area contributed by atoms with Gasteiger partial charge in [0.1, 0.15) is 5.75 Å². The minimum Gasteiger partial charge on any atom is -0.491 e. The number of hydrazine groups is 1. The van der Waals surface area contributed by atoms with Crippen molar-refractivity contribution in [2.75, 3.05) is 50.7 Å². The second-order valence-electron chi connectivity index (χ2n) is 8.56. The number of aromatic nitrogens is 3. The molecule has 4 aromatic rings. The zero-order valence-corrected chi connectivity index (χ0v) is 19.3. The van der Waals surface area contributed by atoms with Gasteiger partial charge in [-0.15, -0.1) is 0 Å². The predicted molar refractivity (Wildman–Crippen MR) is 131 cm³/mol. The summed E-state index contributed by atoms with van der Waals surface area (Å²) in [5.41, 5.74) is 3.16. The highest BCUT2D eigenvalue weighted by Crippen LogP contribution is 2.43. The molecule has 0 radical (unpaired) electrons. The van der Waals surface area contributed by atoms with Gasteiger partial charge in [0.15, 0.2) is 5.75 Å². The van der Waals surface area contributed by atoms with Crippen LogP contribution in [0.5, 0.6) is 17.4 Å². The highest BCUT2D eigenvalue weighted by molar-refractivity contribution is 5.81. The molecule has 1 fully saturated rings. The molecule has 6 rings (SSSR count). The van der Waals surface area contributed by atoms with Gasteiger partial charge in [-0.2, -0.15) is 5.10 Å². The van der Waals surface area contributed by atoms with Crippen LogP contribution < -0.4 is 19.8 Å². The van der Waals surface area contributed by atoms with Crippen molar-refractivity contribution in [1.82, 2.24) is 24.7 Å². The number of fused-ring (bicyclic) bond motifs is 2. The van der Waals surface area contributed by atoms with E-state index in [0.717, 1.165) is 48.5 Å². The van der Waals surface area contributed by atoms with Crippen molar-refractivity contribution in [2.24, 2.45) is 0 Å². The number of likely N-dealkylation sites (N-methyl/N-ethyl adjacent to an activating group) is 1. The van der Waals surface area contributed by atoms with Crippen LogP contribution in [-0.2, 0) is 0 Å². The maximum Gasteiger partial charge on any atom is 0.262 e. The summed E-state index contributed by atoms with van der Waals surface area (Å²) in [7, 11) is 3.78. The molecule has 0 spiro atoms. The SMILES string of the molecule is COc1cccnc1Oc1ccc2c(c1)NC(n1ncc3ccccc31)N2N1CCN(C)CC1. The Bertz CT molecular complexity index is 1320. The Balaban J connectivity index is 1.37. The molecule has 9 nitrogen and oxygen atoms in total. The minimum atomic E-state index is -0.182. The van der Waals surface area contributed by atoms with Crippen LogP contribution in [0.2, 0.25) is 0 Å². The molecule has 0 bridgehead atoms. The van der Waals surface area contributed by atoms with E-state index in [-0.39, 0.29) is 6.29 Å². The average molecular weight is 458 g/mol. The van der Waals surface area contributed by atoms with Gasteiger partial charge < -0.3 is 19.7 Å². The summed E-state index contributed by atoms with van der Waals surface area (Å²) >= 11 is 0. The van der Waals surface area contributed by atoms with Gasteiger partial charge in [-0.1, -0.05) is 18.2 Å². The summed E-state index contributed by atoms with van der Waals surface area (Å²) in [6, 6.07) is 18.0. The Hall–Kier alpha value is -3.82. The summed E-state index contributed by atoms with van der Waals surface area (Å²) in [5.74, 6) is 1.72. The van der Waals surface area contributed by atoms with Crippen LogP contribution in [0, 0.1) is 0 Å². The number of pyridine rings is 1. The Morgan fingerprint density at radius 3 is 2.71 bits per heavy atom. The van der Waals surface area contributed by atoms with Gasteiger partial charge in [0, 0.05) is 43.8 Å². The van der Waals surface area contributed by atoms with Crippen molar-refractivity contribution in [3.63, 3.8) is 0 Å². The van der Waals surface area contributed by atoms with Crippen LogP contribution in [0.15, 0.2) is 67.0 Å². The zero-order valence-electron chi connectivity index (χ0n) is 19.3. The van der Waals surface area contributed by atoms with Crippen molar-refractivity contribution >= 4 is 22.3 Å². The molecule has 1 atom stereocenters. The maximum atomic E-state index is 6.08. The molecular formula is C25H27N7O2. The predicted octanol–water partition coefficient (Wildman–Crippen LogP) is 3.78. The quantitative estimate of drug-likeness (QED) is 0.486. The van der Waals surface area contributed by atoms with Crippen molar-refractivity contribution < 1.29 is 9.47 Å². The fraction of sp³-hybridized carbons (Fsp3) is 0.280. The van der Waals surface area contributed by atoms with E-state index >= 15 is 0 Å². The number of hydrogen-bond donors (Lipinski definition) is 1. The lowest BCUT2D eigenvalue weighted by Gasteiger charge is -2.41. The number of para-hydroxylation sites is 1. The summed E-state index contributed by atoms with van der Waals surface area (Å²) < 4.78 is 13.5. The first-order chi connectivity index (χ1) is 16.7. The number of ether oxygens (including phenoxy) is 2. The average Bonchev–Trinajstić information content (AvgIpc) is 3.46. The molecule has 2 aromatic heterocycles. The number of hydrogen-bond acceptors (Lipinski definition) is 8. The fourth-order valence-corrected chi connectivity index (χ4v) is 4.62. The first kappa shape index (κ1) is 20.8.